The maximum atomic E-state index is 13.5. The summed E-state index contributed by atoms with van der Waals surface area (Å²) in [6, 6.07) is 21.3. The van der Waals surface area contributed by atoms with E-state index < -0.39 is 6.04 Å². The van der Waals surface area contributed by atoms with E-state index in [1.165, 1.54) is 0 Å². The van der Waals surface area contributed by atoms with Crippen LogP contribution in [0.4, 0.5) is 5.69 Å². The van der Waals surface area contributed by atoms with E-state index in [4.69, 9.17) is 0 Å². The number of rotatable bonds is 13. The number of carbonyl (C=O) groups is 3. The highest BCUT2D eigenvalue weighted by atomic mass is 16.2. The van der Waals surface area contributed by atoms with Gasteiger partial charge in [0.25, 0.3) is 5.91 Å². The Morgan fingerprint density at radius 2 is 1.70 bits per heavy atom. The number of unbranched alkanes of at least 4 members (excludes halogenated alkanes) is 1. The SMILES string of the molecule is CCCCNC(=O)C(CC)N(CCc1ccccc1)C(=O)CCCN1C(=O)c2cccc3cccc1c23. The van der Waals surface area contributed by atoms with Gasteiger partial charge < -0.3 is 15.1 Å². The number of amides is 3. The van der Waals surface area contributed by atoms with Crippen LogP contribution in [0.2, 0.25) is 0 Å². The zero-order valence-corrected chi connectivity index (χ0v) is 21.9. The summed E-state index contributed by atoms with van der Waals surface area (Å²) in [4.78, 5) is 43.1. The van der Waals surface area contributed by atoms with E-state index in [9.17, 15) is 14.4 Å². The second kappa shape index (κ2) is 12.5. The molecule has 37 heavy (non-hydrogen) atoms. The molecule has 1 unspecified atom stereocenters. The Kier molecular flexibility index (Phi) is 8.94. The first kappa shape index (κ1) is 26.4. The summed E-state index contributed by atoms with van der Waals surface area (Å²) in [6.45, 7) is 5.60. The van der Waals surface area contributed by atoms with Crippen LogP contribution >= 0.6 is 0 Å². The summed E-state index contributed by atoms with van der Waals surface area (Å²) in [5.41, 5.74) is 2.77. The summed E-state index contributed by atoms with van der Waals surface area (Å²) >= 11 is 0. The average molecular weight is 500 g/mol. The van der Waals surface area contributed by atoms with Crippen LogP contribution in [-0.4, -0.2) is 48.3 Å². The molecule has 4 rings (SSSR count). The zero-order chi connectivity index (χ0) is 26.2. The molecule has 0 radical (unpaired) electrons. The fraction of sp³-hybridized carbons (Fsp3) is 0.387. The molecule has 3 aromatic rings. The molecule has 0 spiro atoms. The lowest BCUT2D eigenvalue weighted by molar-refractivity contribution is -0.140. The van der Waals surface area contributed by atoms with Gasteiger partial charge in [-0.15, -0.1) is 0 Å². The van der Waals surface area contributed by atoms with E-state index >= 15 is 0 Å². The summed E-state index contributed by atoms with van der Waals surface area (Å²) < 4.78 is 0. The highest BCUT2D eigenvalue weighted by Crippen LogP contribution is 2.37. The molecule has 1 aliphatic heterocycles. The van der Waals surface area contributed by atoms with E-state index in [0.29, 0.717) is 38.9 Å². The Morgan fingerprint density at radius 3 is 2.43 bits per heavy atom. The number of hydrogen-bond donors (Lipinski definition) is 1. The van der Waals surface area contributed by atoms with Crippen LogP contribution in [0.3, 0.4) is 0 Å². The van der Waals surface area contributed by atoms with E-state index in [2.05, 4.69) is 12.2 Å². The van der Waals surface area contributed by atoms with Crippen molar-refractivity contribution in [2.45, 2.75) is 58.4 Å². The molecule has 6 heteroatoms. The molecule has 0 aromatic heterocycles. The fourth-order valence-electron chi connectivity index (χ4n) is 5.14. The summed E-state index contributed by atoms with van der Waals surface area (Å²) in [5.74, 6) is -0.146. The number of nitrogens with one attached hydrogen (secondary N) is 1. The van der Waals surface area contributed by atoms with E-state index in [-0.39, 0.29) is 24.1 Å². The number of hydrogen-bond acceptors (Lipinski definition) is 3. The van der Waals surface area contributed by atoms with Gasteiger partial charge in [-0.05, 0) is 48.8 Å². The first-order valence-electron chi connectivity index (χ1n) is 13.5. The fourth-order valence-corrected chi connectivity index (χ4v) is 5.14. The molecule has 0 aliphatic carbocycles. The highest BCUT2D eigenvalue weighted by molar-refractivity contribution is 6.25. The van der Waals surface area contributed by atoms with Crippen LogP contribution < -0.4 is 10.2 Å². The van der Waals surface area contributed by atoms with Crippen LogP contribution in [0.5, 0.6) is 0 Å². The monoisotopic (exact) mass is 499 g/mol. The second-order valence-corrected chi connectivity index (χ2v) is 9.63. The average Bonchev–Trinajstić information content (AvgIpc) is 3.19. The standard InChI is InChI=1S/C31H37N3O3/c1-3-5-20-32-30(36)26(4-2)33(22-19-23-12-7-6-8-13-23)28(35)18-11-21-34-27-17-10-15-24-14-9-16-25(29(24)27)31(34)37/h6-10,12-17,26H,3-5,11,18-22H2,1-2H3,(H,32,36). The van der Waals surface area contributed by atoms with E-state index in [0.717, 1.165) is 40.4 Å². The molecule has 0 bridgehead atoms. The van der Waals surface area contributed by atoms with Crippen molar-refractivity contribution >= 4 is 34.2 Å². The Bertz CT molecular complexity index is 1240. The topological polar surface area (TPSA) is 69.7 Å². The normalized spacial score (nSPS) is 13.1. The number of carbonyl (C=O) groups excluding carboxylic acids is 3. The smallest absolute Gasteiger partial charge is 0.258 e. The van der Waals surface area contributed by atoms with Gasteiger partial charge in [0, 0.05) is 37.0 Å². The number of nitrogens with zero attached hydrogens (tertiary/aromatic N) is 2. The van der Waals surface area contributed by atoms with Gasteiger partial charge in [0.05, 0.1) is 5.69 Å². The highest BCUT2D eigenvalue weighted by Gasteiger charge is 2.31. The Hall–Kier alpha value is -3.67. The van der Waals surface area contributed by atoms with Gasteiger partial charge in [-0.3, -0.25) is 14.4 Å². The van der Waals surface area contributed by atoms with Crippen molar-refractivity contribution in [3.05, 3.63) is 77.9 Å². The maximum Gasteiger partial charge on any atom is 0.258 e. The van der Waals surface area contributed by atoms with Gasteiger partial charge >= 0.3 is 0 Å². The molecule has 194 valence electrons. The lowest BCUT2D eigenvalue weighted by Crippen LogP contribution is -2.50. The molecule has 6 nitrogen and oxygen atoms in total. The minimum absolute atomic E-state index is 0.0121. The summed E-state index contributed by atoms with van der Waals surface area (Å²) in [6.07, 6.45) is 3.97. The molecular formula is C31H37N3O3. The Morgan fingerprint density at radius 1 is 0.946 bits per heavy atom. The molecular weight excluding hydrogens is 462 g/mol. The van der Waals surface area contributed by atoms with E-state index in [1.54, 1.807) is 9.80 Å². The van der Waals surface area contributed by atoms with Gasteiger partial charge in [0.15, 0.2) is 0 Å². The van der Waals surface area contributed by atoms with Gasteiger partial charge in [0.1, 0.15) is 6.04 Å². The lowest BCUT2D eigenvalue weighted by Gasteiger charge is -2.31. The molecule has 1 atom stereocenters. The quantitative estimate of drug-likeness (QED) is 0.323. The van der Waals surface area contributed by atoms with Gasteiger partial charge in [0.2, 0.25) is 11.8 Å². The van der Waals surface area contributed by atoms with Crippen LogP contribution in [-0.2, 0) is 16.0 Å². The molecule has 1 aliphatic rings. The second-order valence-electron chi connectivity index (χ2n) is 9.63. The molecule has 0 saturated heterocycles. The first-order chi connectivity index (χ1) is 18.0. The third-order valence-corrected chi connectivity index (χ3v) is 7.12. The Labute approximate surface area is 219 Å². The lowest BCUT2D eigenvalue weighted by atomic mass is 10.1. The van der Waals surface area contributed by atoms with Crippen molar-refractivity contribution in [2.75, 3.05) is 24.5 Å². The van der Waals surface area contributed by atoms with Gasteiger partial charge in [-0.1, -0.05) is 74.9 Å². The number of benzene rings is 3. The molecule has 3 amide bonds. The third kappa shape index (κ3) is 6.01. The molecule has 1 heterocycles. The molecule has 3 aromatic carbocycles. The van der Waals surface area contributed by atoms with Crippen molar-refractivity contribution in [1.82, 2.24) is 10.2 Å². The van der Waals surface area contributed by atoms with Crippen LogP contribution in [0.1, 0.15) is 61.9 Å². The molecule has 0 saturated carbocycles. The van der Waals surface area contributed by atoms with Gasteiger partial charge in [-0.25, -0.2) is 0 Å². The van der Waals surface area contributed by atoms with E-state index in [1.807, 2.05) is 73.7 Å². The van der Waals surface area contributed by atoms with Crippen molar-refractivity contribution in [2.24, 2.45) is 0 Å². The number of anilines is 1. The predicted octanol–water partition coefficient (Wildman–Crippen LogP) is 5.35. The van der Waals surface area contributed by atoms with Gasteiger partial charge in [-0.2, -0.15) is 0 Å². The van der Waals surface area contributed by atoms with Crippen molar-refractivity contribution in [3.63, 3.8) is 0 Å². The maximum absolute atomic E-state index is 13.5. The largest absolute Gasteiger partial charge is 0.354 e. The van der Waals surface area contributed by atoms with Crippen molar-refractivity contribution in [3.8, 4) is 0 Å². The predicted molar refractivity (Wildman–Crippen MR) is 149 cm³/mol. The van der Waals surface area contributed by atoms with Crippen LogP contribution in [0.15, 0.2) is 66.7 Å². The van der Waals surface area contributed by atoms with Crippen LogP contribution in [0.25, 0.3) is 10.8 Å². The third-order valence-electron chi connectivity index (χ3n) is 7.12. The van der Waals surface area contributed by atoms with Crippen molar-refractivity contribution in [1.29, 1.82) is 0 Å². The minimum Gasteiger partial charge on any atom is -0.354 e. The first-order valence-corrected chi connectivity index (χ1v) is 13.5. The van der Waals surface area contributed by atoms with Crippen LogP contribution in [0, 0.1) is 0 Å². The molecule has 0 fully saturated rings. The summed E-state index contributed by atoms with van der Waals surface area (Å²) in [5, 5.41) is 5.05. The zero-order valence-electron chi connectivity index (χ0n) is 21.9. The molecule has 1 N–H and O–H groups in total. The minimum atomic E-state index is -0.500. The Balaban J connectivity index is 1.43. The summed E-state index contributed by atoms with van der Waals surface area (Å²) in [7, 11) is 0. The van der Waals surface area contributed by atoms with Crippen molar-refractivity contribution < 1.29 is 14.4 Å².